The maximum atomic E-state index is 12.6. The first-order chi connectivity index (χ1) is 22.6. The first-order valence-electron chi connectivity index (χ1n) is 16.6. The van der Waals surface area contributed by atoms with Gasteiger partial charge in [0.25, 0.3) is 0 Å². The normalized spacial score (nSPS) is 20.5. The summed E-state index contributed by atoms with van der Waals surface area (Å²) in [5.74, 6) is -1.43. The second-order valence-corrected chi connectivity index (χ2v) is 12.0. The summed E-state index contributed by atoms with van der Waals surface area (Å²) in [6, 6.07) is -2.09. The van der Waals surface area contributed by atoms with E-state index >= 15 is 0 Å². The van der Waals surface area contributed by atoms with Gasteiger partial charge in [0, 0.05) is 19.4 Å². The maximum Gasteiger partial charge on any atom is 0.407 e. The Balaban J connectivity index is 1.40. The van der Waals surface area contributed by atoms with Gasteiger partial charge in [-0.25, -0.2) is 4.79 Å². The lowest BCUT2D eigenvalue weighted by molar-refractivity contribution is -0.138. The van der Waals surface area contributed by atoms with Crippen molar-refractivity contribution in [2.24, 2.45) is 29.4 Å². The molecular weight excluding hydrogens is 616 g/mol. The molecule has 0 radical (unpaired) electrons. The van der Waals surface area contributed by atoms with Crippen LogP contribution in [0.2, 0.25) is 0 Å². The Morgan fingerprint density at radius 1 is 0.809 bits per heavy atom. The Morgan fingerprint density at radius 3 is 1.89 bits per heavy atom. The monoisotopic (exact) mass is 670 g/mol. The SMILES string of the molecule is CC(C)[C@H](NC(=O)[C@@H](CCC(=O)O)NC(=O)CCOCCOCCOCCOCCNC(=O)OC[C@@H]1[C@@H]2CC/C=C\CC[C@@H]21)C(N)=O. The van der Waals surface area contributed by atoms with E-state index in [9.17, 15) is 24.0 Å². The van der Waals surface area contributed by atoms with Crippen molar-refractivity contribution >= 4 is 29.8 Å². The van der Waals surface area contributed by atoms with E-state index in [1.54, 1.807) is 13.8 Å². The predicted octanol–water partition coefficient (Wildman–Crippen LogP) is 1.14. The van der Waals surface area contributed by atoms with Crippen LogP contribution in [0.1, 0.15) is 58.8 Å². The topological polar surface area (TPSA) is 214 Å². The summed E-state index contributed by atoms with van der Waals surface area (Å²) in [5.41, 5.74) is 5.33. The number of hydrogen-bond donors (Lipinski definition) is 5. The van der Waals surface area contributed by atoms with Crippen molar-refractivity contribution in [2.45, 2.75) is 70.9 Å². The first-order valence-corrected chi connectivity index (χ1v) is 16.6. The molecule has 0 unspecified atom stereocenters. The Bertz CT molecular complexity index is 994. The van der Waals surface area contributed by atoms with Gasteiger partial charge in [0.15, 0.2) is 0 Å². The van der Waals surface area contributed by atoms with Crippen molar-refractivity contribution in [3.05, 3.63) is 12.2 Å². The zero-order valence-electron chi connectivity index (χ0n) is 27.7. The Morgan fingerprint density at radius 2 is 1.36 bits per heavy atom. The molecule has 0 saturated heterocycles. The van der Waals surface area contributed by atoms with E-state index < -0.39 is 41.9 Å². The van der Waals surface area contributed by atoms with E-state index in [4.69, 9.17) is 34.5 Å². The fourth-order valence-electron chi connectivity index (χ4n) is 5.44. The zero-order valence-corrected chi connectivity index (χ0v) is 27.7. The highest BCUT2D eigenvalue weighted by Gasteiger charge is 2.49. The molecule has 1 fully saturated rings. The minimum atomic E-state index is -1.14. The smallest absolute Gasteiger partial charge is 0.407 e. The molecule has 0 aromatic heterocycles. The minimum absolute atomic E-state index is 0.0561. The Kier molecular flexibility index (Phi) is 19.6. The van der Waals surface area contributed by atoms with E-state index in [1.165, 1.54) is 12.8 Å². The van der Waals surface area contributed by atoms with Crippen molar-refractivity contribution in [1.82, 2.24) is 16.0 Å². The highest BCUT2D eigenvalue weighted by atomic mass is 16.6. The summed E-state index contributed by atoms with van der Waals surface area (Å²) in [4.78, 5) is 59.4. The van der Waals surface area contributed by atoms with Crippen LogP contribution in [-0.2, 0) is 42.9 Å². The molecule has 2 aliphatic rings. The van der Waals surface area contributed by atoms with Crippen LogP contribution in [0.5, 0.6) is 0 Å². The second kappa shape index (κ2) is 23.1. The molecule has 0 heterocycles. The van der Waals surface area contributed by atoms with Crippen LogP contribution in [-0.4, -0.2) is 113 Å². The van der Waals surface area contributed by atoms with Crippen molar-refractivity contribution in [3.63, 3.8) is 0 Å². The maximum absolute atomic E-state index is 12.6. The molecule has 0 aromatic carbocycles. The average molecular weight is 671 g/mol. The second-order valence-electron chi connectivity index (χ2n) is 12.0. The molecule has 0 aromatic rings. The van der Waals surface area contributed by atoms with Crippen molar-refractivity contribution in [2.75, 3.05) is 66.0 Å². The number of nitrogens with one attached hydrogen (secondary N) is 3. The fraction of sp³-hybridized carbons (Fsp3) is 0.781. The number of ether oxygens (including phenoxy) is 5. The summed E-state index contributed by atoms with van der Waals surface area (Å²) < 4.78 is 27.1. The number of carbonyl (C=O) groups excluding carboxylic acids is 4. The summed E-state index contributed by atoms with van der Waals surface area (Å²) in [7, 11) is 0. The number of amides is 4. The van der Waals surface area contributed by atoms with Gasteiger partial charge in [-0.2, -0.15) is 0 Å². The number of carboxylic acid groups (broad SMARTS) is 1. The minimum Gasteiger partial charge on any atom is -0.481 e. The third-order valence-electron chi connectivity index (χ3n) is 8.09. The molecule has 268 valence electrons. The number of allylic oxidation sites excluding steroid dienone is 2. The molecule has 15 nitrogen and oxygen atoms in total. The number of carbonyl (C=O) groups is 5. The summed E-state index contributed by atoms with van der Waals surface area (Å²) in [6.45, 7) is 6.67. The quantitative estimate of drug-likeness (QED) is 0.0686. The number of alkyl carbamates (subject to hydrolysis) is 1. The van der Waals surface area contributed by atoms with Crippen LogP contribution in [0.3, 0.4) is 0 Å². The van der Waals surface area contributed by atoms with Gasteiger partial charge in [0.1, 0.15) is 12.1 Å². The number of fused-ring (bicyclic) bond motifs is 1. The number of hydrogen-bond acceptors (Lipinski definition) is 10. The van der Waals surface area contributed by atoms with Crippen LogP contribution < -0.4 is 21.7 Å². The molecule has 0 spiro atoms. The van der Waals surface area contributed by atoms with E-state index in [-0.39, 0.29) is 45.0 Å². The van der Waals surface area contributed by atoms with Gasteiger partial charge in [-0.1, -0.05) is 26.0 Å². The summed E-state index contributed by atoms with van der Waals surface area (Å²) in [5, 5.41) is 16.7. The van der Waals surface area contributed by atoms with Gasteiger partial charge in [-0.15, -0.1) is 0 Å². The highest BCUT2D eigenvalue weighted by molar-refractivity contribution is 5.92. The van der Waals surface area contributed by atoms with Crippen molar-refractivity contribution in [1.29, 1.82) is 0 Å². The lowest BCUT2D eigenvalue weighted by Gasteiger charge is -2.23. The average Bonchev–Trinajstić information content (AvgIpc) is 3.66. The van der Waals surface area contributed by atoms with E-state index in [0.717, 1.165) is 12.8 Å². The molecule has 4 amide bonds. The molecule has 0 bridgehead atoms. The van der Waals surface area contributed by atoms with Gasteiger partial charge in [0.05, 0.1) is 59.5 Å². The predicted molar refractivity (Wildman–Crippen MR) is 170 cm³/mol. The molecule has 2 rings (SSSR count). The van der Waals surface area contributed by atoms with E-state index in [1.807, 2.05) is 0 Å². The lowest BCUT2D eigenvalue weighted by Crippen LogP contribution is -2.54. The van der Waals surface area contributed by atoms with Gasteiger partial charge >= 0.3 is 12.1 Å². The third kappa shape index (κ3) is 17.5. The molecular formula is C32H54N4O11. The number of primary amides is 1. The van der Waals surface area contributed by atoms with E-state index in [2.05, 4.69) is 28.1 Å². The number of nitrogens with two attached hydrogens (primary N) is 1. The highest BCUT2D eigenvalue weighted by Crippen LogP contribution is 2.52. The number of rotatable bonds is 25. The first kappa shape index (κ1) is 39.9. The third-order valence-corrected chi connectivity index (χ3v) is 8.09. The lowest BCUT2D eigenvalue weighted by atomic mass is 10.0. The molecule has 0 aliphatic heterocycles. The zero-order chi connectivity index (χ0) is 34.4. The largest absolute Gasteiger partial charge is 0.481 e. The number of carboxylic acids is 1. The number of aliphatic carboxylic acids is 1. The molecule has 47 heavy (non-hydrogen) atoms. The van der Waals surface area contributed by atoms with Gasteiger partial charge < -0.3 is 50.5 Å². The molecule has 15 heteroatoms. The van der Waals surface area contributed by atoms with Crippen LogP contribution in [0.25, 0.3) is 0 Å². The molecule has 6 N–H and O–H groups in total. The molecule has 5 atom stereocenters. The van der Waals surface area contributed by atoms with Gasteiger partial charge in [0.2, 0.25) is 17.7 Å². The Hall–Kier alpha value is -3.27. The summed E-state index contributed by atoms with van der Waals surface area (Å²) >= 11 is 0. The molecule has 1 saturated carbocycles. The van der Waals surface area contributed by atoms with Crippen LogP contribution in [0.4, 0.5) is 4.79 Å². The van der Waals surface area contributed by atoms with Crippen LogP contribution >= 0.6 is 0 Å². The summed E-state index contributed by atoms with van der Waals surface area (Å²) in [6.07, 6.45) is 8.15. The fourth-order valence-corrected chi connectivity index (χ4v) is 5.44. The van der Waals surface area contributed by atoms with E-state index in [0.29, 0.717) is 63.9 Å². The van der Waals surface area contributed by atoms with Gasteiger partial charge in [-0.05, 0) is 55.8 Å². The van der Waals surface area contributed by atoms with Crippen molar-refractivity contribution < 1.29 is 52.8 Å². The van der Waals surface area contributed by atoms with Gasteiger partial charge in [-0.3, -0.25) is 19.2 Å². The molecule has 2 aliphatic carbocycles. The van der Waals surface area contributed by atoms with Crippen molar-refractivity contribution in [3.8, 4) is 0 Å². The van der Waals surface area contributed by atoms with Crippen LogP contribution in [0, 0.1) is 23.7 Å². The standard InChI is InChI=1S/C32H54N4O11/c1-22(2)29(30(33)40)36-31(41)26(9-10-28(38)39)35-27(37)11-13-43-15-17-45-19-20-46-18-16-44-14-12-34-32(42)47-21-25-23-7-5-3-4-6-8-24(23)25/h3-4,22-26,29H,5-21H2,1-2H3,(H2,33,40)(H,34,42)(H,35,37)(H,36,41)(H,38,39)/b4-3-/t23-,24+,25-,26-,29+/m1/s1. The van der Waals surface area contributed by atoms with Crippen LogP contribution in [0.15, 0.2) is 12.2 Å². The Labute approximate surface area is 277 Å².